The van der Waals surface area contributed by atoms with E-state index >= 15 is 0 Å². The number of nitrogens with one attached hydrogen (secondary N) is 1. The first-order chi connectivity index (χ1) is 9.25. The molecule has 0 spiro atoms. The molecule has 0 aliphatic carbocycles. The first kappa shape index (κ1) is 11.9. The first-order valence-electron chi connectivity index (χ1n) is 6.41. The van der Waals surface area contributed by atoms with Crippen molar-refractivity contribution >= 4 is 11.0 Å². The molecule has 0 saturated carbocycles. The van der Waals surface area contributed by atoms with E-state index in [4.69, 9.17) is 0 Å². The molecule has 0 bridgehead atoms. The van der Waals surface area contributed by atoms with Gasteiger partial charge in [-0.25, -0.2) is 4.98 Å². The van der Waals surface area contributed by atoms with Gasteiger partial charge in [-0.15, -0.1) is 0 Å². The van der Waals surface area contributed by atoms with Crippen molar-refractivity contribution in [2.24, 2.45) is 0 Å². The Labute approximate surface area is 112 Å². The second kappa shape index (κ2) is 4.86. The lowest BCUT2D eigenvalue weighted by atomic mass is 10.1. The minimum atomic E-state index is 0.899. The second-order valence-electron chi connectivity index (χ2n) is 4.98. The summed E-state index contributed by atoms with van der Waals surface area (Å²) >= 11 is 0. The highest BCUT2D eigenvalue weighted by molar-refractivity contribution is 5.88. The second-order valence-corrected chi connectivity index (χ2v) is 4.98. The van der Waals surface area contributed by atoms with E-state index in [9.17, 15) is 0 Å². The van der Waals surface area contributed by atoms with Gasteiger partial charge in [0.15, 0.2) is 0 Å². The molecular formula is C16H17N3. The van der Waals surface area contributed by atoms with E-state index in [0.717, 1.165) is 12.2 Å². The van der Waals surface area contributed by atoms with Gasteiger partial charge >= 0.3 is 0 Å². The molecule has 2 aromatic heterocycles. The molecule has 2 heterocycles. The SMILES string of the molecule is CN(C)Cc1c(-c2ccccc2)[nH]c2ncccc12. The molecule has 0 aliphatic heterocycles. The van der Waals surface area contributed by atoms with E-state index < -0.39 is 0 Å². The lowest BCUT2D eigenvalue weighted by Crippen LogP contribution is -2.11. The van der Waals surface area contributed by atoms with Gasteiger partial charge in [0.25, 0.3) is 0 Å². The Morgan fingerprint density at radius 3 is 2.58 bits per heavy atom. The van der Waals surface area contributed by atoms with Gasteiger partial charge in [-0.2, -0.15) is 0 Å². The summed E-state index contributed by atoms with van der Waals surface area (Å²) in [6.07, 6.45) is 1.83. The first-order valence-corrected chi connectivity index (χ1v) is 6.41. The largest absolute Gasteiger partial charge is 0.339 e. The molecule has 3 rings (SSSR count). The number of rotatable bonds is 3. The fourth-order valence-corrected chi connectivity index (χ4v) is 2.41. The van der Waals surface area contributed by atoms with Crippen LogP contribution in [0, 0.1) is 0 Å². The fraction of sp³-hybridized carbons (Fsp3) is 0.188. The van der Waals surface area contributed by atoms with Crippen LogP contribution in [0.5, 0.6) is 0 Å². The summed E-state index contributed by atoms with van der Waals surface area (Å²) in [5, 5.41) is 1.20. The molecule has 0 aliphatic rings. The maximum Gasteiger partial charge on any atom is 0.138 e. The summed E-state index contributed by atoms with van der Waals surface area (Å²) in [7, 11) is 4.17. The fourth-order valence-electron chi connectivity index (χ4n) is 2.41. The van der Waals surface area contributed by atoms with Crippen molar-refractivity contribution < 1.29 is 0 Å². The van der Waals surface area contributed by atoms with Crippen molar-refractivity contribution in [3.8, 4) is 11.3 Å². The van der Waals surface area contributed by atoms with Crippen LogP contribution < -0.4 is 0 Å². The van der Waals surface area contributed by atoms with Crippen molar-refractivity contribution in [2.45, 2.75) is 6.54 Å². The number of pyridine rings is 1. The number of H-pyrrole nitrogens is 1. The summed E-state index contributed by atoms with van der Waals surface area (Å²) in [5.74, 6) is 0. The van der Waals surface area contributed by atoms with Crippen LogP contribution >= 0.6 is 0 Å². The third kappa shape index (κ3) is 2.25. The summed E-state index contributed by atoms with van der Waals surface area (Å²) in [4.78, 5) is 10.1. The zero-order valence-corrected chi connectivity index (χ0v) is 11.2. The summed E-state index contributed by atoms with van der Waals surface area (Å²) in [6.45, 7) is 0.899. The number of nitrogens with zero attached hydrogens (tertiary/aromatic N) is 2. The van der Waals surface area contributed by atoms with Gasteiger partial charge in [0.1, 0.15) is 5.65 Å². The van der Waals surface area contributed by atoms with Crippen LogP contribution in [-0.4, -0.2) is 29.0 Å². The van der Waals surface area contributed by atoms with Crippen LogP contribution in [0.2, 0.25) is 0 Å². The molecule has 0 radical (unpaired) electrons. The van der Waals surface area contributed by atoms with Gasteiger partial charge in [-0.1, -0.05) is 30.3 Å². The lowest BCUT2D eigenvalue weighted by molar-refractivity contribution is 0.404. The molecule has 3 aromatic rings. The number of aromatic nitrogens is 2. The minimum Gasteiger partial charge on any atom is -0.339 e. The van der Waals surface area contributed by atoms with Crippen LogP contribution in [0.4, 0.5) is 0 Å². The third-order valence-electron chi connectivity index (χ3n) is 3.21. The topological polar surface area (TPSA) is 31.9 Å². The predicted molar refractivity (Wildman–Crippen MR) is 78.9 cm³/mol. The van der Waals surface area contributed by atoms with E-state index in [0.29, 0.717) is 0 Å². The number of benzene rings is 1. The molecular weight excluding hydrogens is 234 g/mol. The Morgan fingerprint density at radius 1 is 1.05 bits per heavy atom. The van der Waals surface area contributed by atoms with E-state index in [1.54, 1.807) is 0 Å². The molecule has 3 heteroatoms. The zero-order valence-electron chi connectivity index (χ0n) is 11.2. The molecule has 1 N–H and O–H groups in total. The highest BCUT2D eigenvalue weighted by Gasteiger charge is 2.13. The molecule has 19 heavy (non-hydrogen) atoms. The van der Waals surface area contributed by atoms with Crippen LogP contribution in [0.25, 0.3) is 22.3 Å². The van der Waals surface area contributed by atoms with Gasteiger partial charge in [0, 0.05) is 23.7 Å². The Hall–Kier alpha value is -2.13. The highest BCUT2D eigenvalue weighted by Crippen LogP contribution is 2.29. The van der Waals surface area contributed by atoms with Crippen LogP contribution in [-0.2, 0) is 6.54 Å². The van der Waals surface area contributed by atoms with Crippen molar-refractivity contribution in [1.82, 2.24) is 14.9 Å². The van der Waals surface area contributed by atoms with Gasteiger partial charge < -0.3 is 9.88 Å². The van der Waals surface area contributed by atoms with E-state index in [1.165, 1.54) is 22.2 Å². The number of fused-ring (bicyclic) bond motifs is 1. The Balaban J connectivity index is 2.23. The third-order valence-corrected chi connectivity index (χ3v) is 3.21. The molecule has 3 nitrogen and oxygen atoms in total. The molecule has 0 atom stereocenters. The molecule has 0 unspecified atom stereocenters. The van der Waals surface area contributed by atoms with Crippen molar-refractivity contribution in [3.05, 3.63) is 54.2 Å². The van der Waals surface area contributed by atoms with Gasteiger partial charge in [-0.05, 0) is 31.8 Å². The molecule has 0 fully saturated rings. The summed E-state index contributed by atoms with van der Waals surface area (Å²) < 4.78 is 0. The highest BCUT2D eigenvalue weighted by atomic mass is 15.1. The van der Waals surface area contributed by atoms with Crippen molar-refractivity contribution in [3.63, 3.8) is 0 Å². The molecule has 0 saturated heterocycles. The predicted octanol–water partition coefficient (Wildman–Crippen LogP) is 3.29. The molecule has 0 amide bonds. The van der Waals surface area contributed by atoms with Gasteiger partial charge in [0.05, 0.1) is 5.69 Å². The minimum absolute atomic E-state index is 0.899. The quantitative estimate of drug-likeness (QED) is 0.774. The maximum absolute atomic E-state index is 4.42. The van der Waals surface area contributed by atoms with E-state index in [1.807, 2.05) is 18.3 Å². The van der Waals surface area contributed by atoms with E-state index in [-0.39, 0.29) is 0 Å². The van der Waals surface area contributed by atoms with Gasteiger partial charge in [0.2, 0.25) is 0 Å². The number of aromatic amines is 1. The van der Waals surface area contributed by atoms with Crippen molar-refractivity contribution in [1.29, 1.82) is 0 Å². The van der Waals surface area contributed by atoms with Crippen LogP contribution in [0.1, 0.15) is 5.56 Å². The zero-order chi connectivity index (χ0) is 13.2. The monoisotopic (exact) mass is 251 g/mol. The van der Waals surface area contributed by atoms with Crippen LogP contribution in [0.15, 0.2) is 48.7 Å². The normalized spacial score (nSPS) is 11.3. The standard InChI is InChI=1S/C16H17N3/c1-19(2)11-14-13-9-6-10-17-16(13)18-15(14)12-7-4-3-5-8-12/h3-10H,11H2,1-2H3,(H,17,18). The lowest BCUT2D eigenvalue weighted by Gasteiger charge is -2.11. The summed E-state index contributed by atoms with van der Waals surface area (Å²) in [5.41, 5.74) is 4.64. The number of hydrogen-bond acceptors (Lipinski definition) is 2. The summed E-state index contributed by atoms with van der Waals surface area (Å²) in [6, 6.07) is 14.5. The average Bonchev–Trinajstić information content (AvgIpc) is 2.78. The van der Waals surface area contributed by atoms with E-state index in [2.05, 4.69) is 59.3 Å². The Bertz CT molecular complexity index is 684. The Kier molecular flexibility index (Phi) is 3.05. The van der Waals surface area contributed by atoms with Crippen molar-refractivity contribution in [2.75, 3.05) is 14.1 Å². The molecule has 96 valence electrons. The Morgan fingerprint density at radius 2 is 1.84 bits per heavy atom. The van der Waals surface area contributed by atoms with Crippen LogP contribution in [0.3, 0.4) is 0 Å². The smallest absolute Gasteiger partial charge is 0.138 e. The van der Waals surface area contributed by atoms with Gasteiger partial charge in [-0.3, -0.25) is 0 Å². The average molecular weight is 251 g/mol. The number of hydrogen-bond donors (Lipinski definition) is 1. The maximum atomic E-state index is 4.42. The molecule has 1 aromatic carbocycles.